The van der Waals surface area contributed by atoms with Gasteiger partial charge in [-0.25, -0.2) is 4.39 Å². The van der Waals surface area contributed by atoms with Gasteiger partial charge in [-0.2, -0.15) is 5.10 Å². The molecular weight excluding hydrogens is 365 g/mol. The smallest absolute Gasteiger partial charge is 0.123 e. The van der Waals surface area contributed by atoms with E-state index in [0.717, 1.165) is 62.1 Å². The summed E-state index contributed by atoms with van der Waals surface area (Å²) in [6.07, 6.45) is 5.92. The average Bonchev–Trinajstić information content (AvgIpc) is 3.21. The van der Waals surface area contributed by atoms with Gasteiger partial charge in [0.05, 0.1) is 11.9 Å². The van der Waals surface area contributed by atoms with Crippen molar-refractivity contribution in [2.45, 2.75) is 32.2 Å². The third-order valence-corrected chi connectivity index (χ3v) is 6.09. The lowest BCUT2D eigenvalue weighted by Gasteiger charge is -2.42. The molecule has 5 heteroatoms. The van der Waals surface area contributed by atoms with Crippen LogP contribution in [0, 0.1) is 11.2 Å². The molecule has 0 saturated carbocycles. The molecule has 29 heavy (non-hydrogen) atoms. The number of benzene rings is 2. The Morgan fingerprint density at radius 1 is 1.14 bits per heavy atom. The van der Waals surface area contributed by atoms with Gasteiger partial charge in [0.25, 0.3) is 0 Å². The molecule has 152 valence electrons. The van der Waals surface area contributed by atoms with Gasteiger partial charge in [-0.3, -0.25) is 10.00 Å². The van der Waals surface area contributed by atoms with Gasteiger partial charge in [-0.1, -0.05) is 42.5 Å². The van der Waals surface area contributed by atoms with E-state index in [1.54, 1.807) is 6.07 Å². The van der Waals surface area contributed by atoms with Crippen LogP contribution in [0.1, 0.15) is 30.4 Å². The van der Waals surface area contributed by atoms with Crippen molar-refractivity contribution in [3.05, 3.63) is 77.7 Å². The fraction of sp³-hybridized carbons (Fsp3) is 0.375. The molecule has 0 amide bonds. The second-order valence-electron chi connectivity index (χ2n) is 8.24. The number of nitrogens with one attached hydrogen (secondary N) is 1. The van der Waals surface area contributed by atoms with Crippen molar-refractivity contribution in [2.75, 3.05) is 19.7 Å². The summed E-state index contributed by atoms with van der Waals surface area (Å²) >= 11 is 0. The highest BCUT2D eigenvalue weighted by molar-refractivity contribution is 5.62. The van der Waals surface area contributed by atoms with Crippen molar-refractivity contribution in [1.82, 2.24) is 15.1 Å². The van der Waals surface area contributed by atoms with Crippen LogP contribution in [0.15, 0.2) is 60.8 Å². The monoisotopic (exact) mass is 393 g/mol. The highest BCUT2D eigenvalue weighted by Crippen LogP contribution is 2.35. The second-order valence-corrected chi connectivity index (χ2v) is 8.24. The van der Waals surface area contributed by atoms with Crippen molar-refractivity contribution in [1.29, 1.82) is 0 Å². The quantitative estimate of drug-likeness (QED) is 0.625. The first-order valence-electron chi connectivity index (χ1n) is 10.3. The zero-order chi connectivity index (χ0) is 20.1. The van der Waals surface area contributed by atoms with E-state index >= 15 is 0 Å². The molecule has 0 spiro atoms. The molecule has 1 fully saturated rings. The summed E-state index contributed by atoms with van der Waals surface area (Å²) in [7, 11) is 0. The molecule has 1 aliphatic rings. The SMILES string of the molecule is OC[C@@]1(CCc2ccccc2)CCCN(Cc2cn[nH]c2-c2cccc(F)c2)C1. The minimum atomic E-state index is -0.249. The third kappa shape index (κ3) is 4.74. The maximum absolute atomic E-state index is 13.6. The van der Waals surface area contributed by atoms with Gasteiger partial charge < -0.3 is 5.11 Å². The lowest BCUT2D eigenvalue weighted by molar-refractivity contribution is 0.0224. The zero-order valence-electron chi connectivity index (χ0n) is 16.6. The largest absolute Gasteiger partial charge is 0.396 e. The van der Waals surface area contributed by atoms with Crippen LogP contribution in [0.5, 0.6) is 0 Å². The molecule has 1 aliphatic heterocycles. The molecule has 0 unspecified atom stereocenters. The van der Waals surface area contributed by atoms with Crippen LogP contribution in [0.4, 0.5) is 4.39 Å². The maximum atomic E-state index is 13.6. The summed E-state index contributed by atoms with van der Waals surface area (Å²) in [4.78, 5) is 2.40. The Bertz CT molecular complexity index is 927. The van der Waals surface area contributed by atoms with Crippen LogP contribution in [0.25, 0.3) is 11.3 Å². The van der Waals surface area contributed by atoms with E-state index in [9.17, 15) is 9.50 Å². The number of H-pyrrole nitrogens is 1. The number of halogens is 1. The Labute approximate surface area is 171 Å². The summed E-state index contributed by atoms with van der Waals surface area (Å²) in [6.45, 7) is 2.82. The Balaban J connectivity index is 1.45. The summed E-state index contributed by atoms with van der Waals surface area (Å²) in [5, 5.41) is 17.5. The molecule has 4 nitrogen and oxygen atoms in total. The fourth-order valence-electron chi connectivity index (χ4n) is 4.48. The Morgan fingerprint density at radius 2 is 2.00 bits per heavy atom. The van der Waals surface area contributed by atoms with Crippen molar-refractivity contribution < 1.29 is 9.50 Å². The Kier molecular flexibility index (Phi) is 6.07. The molecule has 0 radical (unpaired) electrons. The van der Waals surface area contributed by atoms with Crippen LogP contribution in [0.3, 0.4) is 0 Å². The van der Waals surface area contributed by atoms with E-state index in [2.05, 4.69) is 39.4 Å². The third-order valence-electron chi connectivity index (χ3n) is 6.09. The molecule has 0 bridgehead atoms. The van der Waals surface area contributed by atoms with Crippen molar-refractivity contribution in [3.63, 3.8) is 0 Å². The number of nitrogens with zero attached hydrogens (tertiary/aromatic N) is 2. The summed E-state index contributed by atoms with van der Waals surface area (Å²) in [5.41, 5.74) is 3.99. The van der Waals surface area contributed by atoms with Crippen LogP contribution >= 0.6 is 0 Å². The zero-order valence-corrected chi connectivity index (χ0v) is 16.6. The van der Waals surface area contributed by atoms with Crippen LogP contribution in [-0.4, -0.2) is 39.9 Å². The van der Waals surface area contributed by atoms with Gasteiger partial charge in [0.1, 0.15) is 5.82 Å². The van der Waals surface area contributed by atoms with Crippen molar-refractivity contribution in [3.8, 4) is 11.3 Å². The predicted octanol–water partition coefficient (Wildman–Crippen LogP) is 4.42. The topological polar surface area (TPSA) is 52.1 Å². The van der Waals surface area contributed by atoms with Gasteiger partial charge >= 0.3 is 0 Å². The van der Waals surface area contributed by atoms with E-state index in [0.29, 0.717) is 0 Å². The highest BCUT2D eigenvalue weighted by atomic mass is 19.1. The molecule has 0 aliphatic carbocycles. The van der Waals surface area contributed by atoms with Crippen LogP contribution in [-0.2, 0) is 13.0 Å². The van der Waals surface area contributed by atoms with E-state index in [1.807, 2.05) is 18.3 Å². The standard InChI is InChI=1S/C24H28FN3O/c25-22-9-4-8-20(14-22)23-21(15-26-27-23)16-28-13-5-11-24(17-28,18-29)12-10-19-6-2-1-3-7-19/h1-4,6-9,14-15,29H,5,10-13,16-18H2,(H,26,27)/t24-/m1/s1. The van der Waals surface area contributed by atoms with Crippen molar-refractivity contribution in [2.24, 2.45) is 5.41 Å². The first kappa shape index (κ1) is 19.8. The number of likely N-dealkylation sites (tertiary alicyclic amines) is 1. The number of rotatable bonds is 7. The Morgan fingerprint density at radius 3 is 2.79 bits per heavy atom. The molecule has 2 aromatic carbocycles. The van der Waals surface area contributed by atoms with E-state index in [1.165, 1.54) is 17.7 Å². The van der Waals surface area contributed by atoms with Gasteiger partial charge in [-0.15, -0.1) is 0 Å². The number of hydrogen-bond donors (Lipinski definition) is 2. The lowest BCUT2D eigenvalue weighted by Crippen LogP contribution is -2.45. The molecule has 1 atom stereocenters. The Hall–Kier alpha value is -2.50. The first-order valence-corrected chi connectivity index (χ1v) is 10.3. The summed E-state index contributed by atoms with van der Waals surface area (Å²) < 4.78 is 13.6. The molecule has 3 aromatic rings. The van der Waals surface area contributed by atoms with E-state index < -0.39 is 0 Å². The van der Waals surface area contributed by atoms with Gasteiger partial charge in [-0.05, 0) is 49.9 Å². The summed E-state index contributed by atoms with van der Waals surface area (Å²) in [6, 6.07) is 17.1. The number of hydrogen-bond acceptors (Lipinski definition) is 3. The molecule has 1 saturated heterocycles. The summed E-state index contributed by atoms with van der Waals surface area (Å²) in [5.74, 6) is -0.249. The predicted molar refractivity (Wildman–Crippen MR) is 113 cm³/mol. The molecule has 2 heterocycles. The fourth-order valence-corrected chi connectivity index (χ4v) is 4.48. The normalized spacial score (nSPS) is 20.1. The highest BCUT2D eigenvalue weighted by Gasteiger charge is 2.34. The number of piperidine rings is 1. The minimum Gasteiger partial charge on any atom is -0.396 e. The van der Waals surface area contributed by atoms with E-state index in [4.69, 9.17) is 0 Å². The van der Waals surface area contributed by atoms with Gasteiger partial charge in [0.2, 0.25) is 0 Å². The van der Waals surface area contributed by atoms with Gasteiger partial charge in [0, 0.05) is 36.2 Å². The van der Waals surface area contributed by atoms with Crippen LogP contribution in [0.2, 0.25) is 0 Å². The molecule has 4 rings (SSSR count). The van der Waals surface area contributed by atoms with E-state index in [-0.39, 0.29) is 17.8 Å². The van der Waals surface area contributed by atoms with Crippen LogP contribution < -0.4 is 0 Å². The van der Waals surface area contributed by atoms with Gasteiger partial charge in [0.15, 0.2) is 0 Å². The number of aryl methyl sites for hydroxylation is 1. The molecule has 1 aromatic heterocycles. The number of aromatic nitrogens is 2. The maximum Gasteiger partial charge on any atom is 0.123 e. The lowest BCUT2D eigenvalue weighted by atomic mass is 9.76. The minimum absolute atomic E-state index is 0.0726. The van der Waals surface area contributed by atoms with Crippen molar-refractivity contribution >= 4 is 0 Å². The molecule has 2 N–H and O–H groups in total. The first-order chi connectivity index (χ1) is 14.2. The number of aromatic amines is 1. The number of aliphatic hydroxyl groups excluding tert-OH is 1. The average molecular weight is 394 g/mol. The molecular formula is C24H28FN3O. The second kappa shape index (κ2) is 8.89. The number of aliphatic hydroxyl groups is 1.